The Morgan fingerprint density at radius 2 is 1.85 bits per heavy atom. The normalized spacial score (nSPS) is 15.9. The maximum absolute atomic E-state index is 12.5. The predicted molar refractivity (Wildman–Crippen MR) is 132 cm³/mol. The second-order valence-electron chi connectivity index (χ2n) is 8.72. The zero-order valence-electron chi connectivity index (χ0n) is 20.0. The van der Waals surface area contributed by atoms with Crippen molar-refractivity contribution in [3.63, 3.8) is 0 Å². The number of aromatic nitrogens is 1. The largest absolute Gasteiger partial charge is 0.354 e. The molecule has 0 aliphatic carbocycles. The SMILES string of the molecule is CCCC(C)NS(=O)(=O)c1ccc(N2CCN(CC(=O)Nc3cccc(C)c3C)CC2)nc1. The van der Waals surface area contributed by atoms with E-state index in [-0.39, 0.29) is 16.8 Å². The van der Waals surface area contributed by atoms with E-state index in [1.807, 2.05) is 45.9 Å². The summed E-state index contributed by atoms with van der Waals surface area (Å²) in [4.78, 5) is 21.3. The molecular weight excluding hydrogens is 438 g/mol. The maximum atomic E-state index is 12.5. The molecule has 1 amide bonds. The van der Waals surface area contributed by atoms with Crippen molar-refractivity contribution in [3.05, 3.63) is 47.7 Å². The molecule has 0 saturated carbocycles. The first-order valence-electron chi connectivity index (χ1n) is 11.5. The zero-order chi connectivity index (χ0) is 24.0. The Morgan fingerprint density at radius 3 is 2.48 bits per heavy atom. The summed E-state index contributed by atoms with van der Waals surface area (Å²) in [6, 6.07) is 9.15. The van der Waals surface area contributed by atoms with Crippen molar-refractivity contribution in [3.8, 4) is 0 Å². The number of pyridine rings is 1. The number of carbonyl (C=O) groups is 1. The summed E-state index contributed by atoms with van der Waals surface area (Å²) >= 11 is 0. The minimum absolute atomic E-state index is 0.0189. The third-order valence-corrected chi connectivity index (χ3v) is 7.63. The third kappa shape index (κ3) is 6.75. The van der Waals surface area contributed by atoms with Crippen LogP contribution in [-0.2, 0) is 14.8 Å². The number of sulfonamides is 1. The minimum Gasteiger partial charge on any atom is -0.354 e. The number of rotatable bonds is 9. The van der Waals surface area contributed by atoms with E-state index in [1.54, 1.807) is 12.1 Å². The second-order valence-corrected chi connectivity index (χ2v) is 10.4. The van der Waals surface area contributed by atoms with Crippen molar-refractivity contribution in [1.29, 1.82) is 0 Å². The summed E-state index contributed by atoms with van der Waals surface area (Å²) in [7, 11) is -3.57. The number of aryl methyl sites for hydroxylation is 1. The van der Waals surface area contributed by atoms with Crippen molar-refractivity contribution < 1.29 is 13.2 Å². The van der Waals surface area contributed by atoms with Gasteiger partial charge < -0.3 is 10.2 Å². The summed E-state index contributed by atoms with van der Waals surface area (Å²) < 4.78 is 27.7. The maximum Gasteiger partial charge on any atom is 0.242 e. The summed E-state index contributed by atoms with van der Waals surface area (Å²) in [5.74, 6) is 0.727. The van der Waals surface area contributed by atoms with E-state index in [4.69, 9.17) is 0 Å². The molecule has 0 bridgehead atoms. The van der Waals surface area contributed by atoms with E-state index in [0.717, 1.165) is 61.7 Å². The number of carbonyl (C=O) groups excluding carboxylic acids is 1. The van der Waals surface area contributed by atoms with Crippen LogP contribution in [-0.4, -0.2) is 63.0 Å². The van der Waals surface area contributed by atoms with Gasteiger partial charge in [-0.05, 0) is 56.5 Å². The lowest BCUT2D eigenvalue weighted by molar-refractivity contribution is -0.117. The molecule has 0 spiro atoms. The van der Waals surface area contributed by atoms with E-state index in [2.05, 4.69) is 24.8 Å². The quantitative estimate of drug-likeness (QED) is 0.582. The summed E-state index contributed by atoms with van der Waals surface area (Å²) in [5.41, 5.74) is 3.10. The van der Waals surface area contributed by atoms with E-state index in [0.29, 0.717) is 6.54 Å². The van der Waals surface area contributed by atoms with E-state index >= 15 is 0 Å². The molecule has 3 rings (SSSR count). The van der Waals surface area contributed by atoms with Gasteiger partial charge in [0.25, 0.3) is 0 Å². The number of nitrogens with zero attached hydrogens (tertiary/aromatic N) is 3. The van der Waals surface area contributed by atoms with Gasteiger partial charge in [-0.3, -0.25) is 9.69 Å². The Bertz CT molecular complexity index is 1050. The molecule has 180 valence electrons. The third-order valence-electron chi connectivity index (χ3n) is 6.05. The molecule has 1 fully saturated rings. The number of hydrogen-bond acceptors (Lipinski definition) is 6. The van der Waals surface area contributed by atoms with Gasteiger partial charge in [0.2, 0.25) is 15.9 Å². The van der Waals surface area contributed by atoms with E-state index in [9.17, 15) is 13.2 Å². The van der Waals surface area contributed by atoms with Crippen molar-refractivity contribution in [1.82, 2.24) is 14.6 Å². The number of piperazine rings is 1. The van der Waals surface area contributed by atoms with Gasteiger partial charge in [0.05, 0.1) is 6.54 Å². The highest BCUT2D eigenvalue weighted by molar-refractivity contribution is 7.89. The van der Waals surface area contributed by atoms with Gasteiger partial charge in [-0.1, -0.05) is 25.5 Å². The minimum atomic E-state index is -3.57. The Hall–Kier alpha value is -2.49. The van der Waals surface area contributed by atoms with Crippen LogP contribution in [0.1, 0.15) is 37.8 Å². The topological polar surface area (TPSA) is 94.6 Å². The van der Waals surface area contributed by atoms with Gasteiger partial charge >= 0.3 is 0 Å². The smallest absolute Gasteiger partial charge is 0.242 e. The lowest BCUT2D eigenvalue weighted by atomic mass is 10.1. The van der Waals surface area contributed by atoms with Crippen LogP contribution in [0.5, 0.6) is 0 Å². The zero-order valence-corrected chi connectivity index (χ0v) is 20.8. The molecule has 0 radical (unpaired) electrons. The standard InChI is InChI=1S/C24H35N5O3S/c1-5-7-19(3)27-33(31,32)21-10-11-23(25-16-21)29-14-12-28(13-15-29)17-24(30)26-22-9-6-8-18(2)20(22)4/h6,8-11,16,19,27H,5,7,12-15,17H2,1-4H3,(H,26,30). The number of nitrogens with one attached hydrogen (secondary N) is 2. The van der Waals surface area contributed by atoms with Crippen molar-refractivity contribution in [2.45, 2.75) is 51.5 Å². The van der Waals surface area contributed by atoms with Crippen LogP contribution >= 0.6 is 0 Å². The van der Waals surface area contributed by atoms with E-state index < -0.39 is 10.0 Å². The van der Waals surface area contributed by atoms with Crippen LogP contribution in [0.3, 0.4) is 0 Å². The molecule has 1 saturated heterocycles. The van der Waals surface area contributed by atoms with Crippen molar-refractivity contribution in [2.75, 3.05) is 42.9 Å². The van der Waals surface area contributed by atoms with Crippen LogP contribution < -0.4 is 14.9 Å². The van der Waals surface area contributed by atoms with Gasteiger partial charge in [-0.15, -0.1) is 0 Å². The number of hydrogen-bond donors (Lipinski definition) is 2. The lowest BCUT2D eigenvalue weighted by Gasteiger charge is -2.35. The number of amides is 1. The number of benzene rings is 1. The van der Waals surface area contributed by atoms with Gasteiger partial charge in [-0.25, -0.2) is 18.1 Å². The molecule has 1 aliphatic rings. The van der Waals surface area contributed by atoms with Crippen LogP contribution in [0.2, 0.25) is 0 Å². The highest BCUT2D eigenvalue weighted by atomic mass is 32.2. The Balaban J connectivity index is 1.51. The molecule has 2 aromatic rings. The second kappa shape index (κ2) is 11.1. The summed E-state index contributed by atoms with van der Waals surface area (Å²) in [6.07, 6.45) is 3.12. The molecular formula is C24H35N5O3S. The van der Waals surface area contributed by atoms with Gasteiger partial charge in [0, 0.05) is 44.1 Å². The number of anilines is 2. The molecule has 1 unspecified atom stereocenters. The summed E-state index contributed by atoms with van der Waals surface area (Å²) in [6.45, 7) is 11.2. The molecule has 1 atom stereocenters. The average molecular weight is 474 g/mol. The molecule has 1 aromatic heterocycles. The fraction of sp³-hybridized carbons (Fsp3) is 0.500. The first-order valence-corrected chi connectivity index (χ1v) is 13.0. The molecule has 1 aliphatic heterocycles. The molecule has 1 aromatic carbocycles. The lowest BCUT2D eigenvalue weighted by Crippen LogP contribution is -2.49. The molecule has 9 heteroatoms. The average Bonchev–Trinajstić information content (AvgIpc) is 2.77. The molecule has 8 nitrogen and oxygen atoms in total. The highest BCUT2D eigenvalue weighted by Gasteiger charge is 2.22. The first kappa shape index (κ1) is 25.1. The Morgan fingerprint density at radius 1 is 1.12 bits per heavy atom. The Labute approximate surface area is 197 Å². The van der Waals surface area contributed by atoms with Crippen LogP contribution in [0, 0.1) is 13.8 Å². The molecule has 33 heavy (non-hydrogen) atoms. The highest BCUT2D eigenvalue weighted by Crippen LogP contribution is 2.19. The van der Waals surface area contributed by atoms with Crippen LogP contribution in [0.15, 0.2) is 41.4 Å². The van der Waals surface area contributed by atoms with Crippen LogP contribution in [0.25, 0.3) is 0 Å². The fourth-order valence-electron chi connectivity index (χ4n) is 3.96. The fourth-order valence-corrected chi connectivity index (χ4v) is 5.18. The van der Waals surface area contributed by atoms with Gasteiger partial charge in [-0.2, -0.15) is 0 Å². The van der Waals surface area contributed by atoms with Gasteiger partial charge in [0.15, 0.2) is 0 Å². The monoisotopic (exact) mass is 473 g/mol. The van der Waals surface area contributed by atoms with Crippen LogP contribution in [0.4, 0.5) is 11.5 Å². The Kier molecular flexibility index (Phi) is 8.45. The summed E-state index contributed by atoms with van der Waals surface area (Å²) in [5, 5.41) is 3.01. The predicted octanol–water partition coefficient (Wildman–Crippen LogP) is 2.93. The van der Waals surface area contributed by atoms with E-state index in [1.165, 1.54) is 6.20 Å². The molecule has 2 N–H and O–H groups in total. The first-order chi connectivity index (χ1) is 15.7. The molecule has 2 heterocycles. The van der Waals surface area contributed by atoms with Gasteiger partial charge in [0.1, 0.15) is 10.7 Å². The van der Waals surface area contributed by atoms with Crippen molar-refractivity contribution >= 4 is 27.4 Å². The van der Waals surface area contributed by atoms with Crippen molar-refractivity contribution in [2.24, 2.45) is 0 Å².